The largest absolute Gasteiger partial charge is 0.455 e. The third kappa shape index (κ3) is 2.55. The zero-order chi connectivity index (χ0) is 15.9. The maximum absolute atomic E-state index is 12.0. The van der Waals surface area contributed by atoms with E-state index in [4.69, 9.17) is 9.47 Å². The number of fused-ring (bicyclic) bond motifs is 1. The average Bonchev–Trinajstić information content (AvgIpc) is 2.82. The van der Waals surface area contributed by atoms with E-state index >= 15 is 0 Å². The molecule has 1 aromatic carbocycles. The monoisotopic (exact) mass is 431 g/mol. The van der Waals surface area contributed by atoms with Crippen molar-refractivity contribution in [2.75, 3.05) is 7.11 Å². The molecule has 3 rings (SSSR count). The van der Waals surface area contributed by atoms with Crippen LogP contribution in [0.1, 0.15) is 12.5 Å². The molecule has 0 radical (unpaired) electrons. The summed E-state index contributed by atoms with van der Waals surface area (Å²) < 4.78 is 13.3. The summed E-state index contributed by atoms with van der Waals surface area (Å²) in [7, 11) is 1.50. The summed E-state index contributed by atoms with van der Waals surface area (Å²) in [6.07, 6.45) is -1.02. The van der Waals surface area contributed by atoms with Crippen molar-refractivity contribution < 1.29 is 19.1 Å². The number of methoxy groups -OCH3 is 1. The van der Waals surface area contributed by atoms with Crippen molar-refractivity contribution >= 4 is 50.0 Å². The molecule has 2 fully saturated rings. The van der Waals surface area contributed by atoms with Gasteiger partial charge in [0.25, 0.3) is 5.91 Å². The zero-order valence-corrected chi connectivity index (χ0v) is 15.0. The van der Waals surface area contributed by atoms with Crippen LogP contribution >= 0.6 is 34.5 Å². The topological polar surface area (TPSA) is 55.8 Å². The molecule has 2 aliphatic heterocycles. The lowest BCUT2D eigenvalue weighted by atomic mass is 9.95. The lowest BCUT2D eigenvalue weighted by Crippen LogP contribution is -2.63. The fourth-order valence-corrected chi connectivity index (χ4v) is 4.79. The van der Waals surface area contributed by atoms with Crippen LogP contribution in [0.2, 0.25) is 0 Å². The lowest BCUT2D eigenvalue weighted by molar-refractivity contribution is -0.169. The molecule has 3 atom stereocenters. The number of halogens is 1. The third-order valence-corrected chi connectivity index (χ3v) is 6.42. The fourth-order valence-electron chi connectivity index (χ4n) is 2.59. The normalized spacial score (nSPS) is 29.0. The van der Waals surface area contributed by atoms with Crippen LogP contribution in [-0.4, -0.2) is 41.5 Å². The first kappa shape index (κ1) is 15.8. The van der Waals surface area contributed by atoms with Crippen LogP contribution in [0.25, 0.3) is 3.58 Å². The Kier molecular flexibility index (Phi) is 4.47. The van der Waals surface area contributed by atoms with E-state index < -0.39 is 12.2 Å². The molecule has 0 aliphatic carbocycles. The highest BCUT2D eigenvalue weighted by molar-refractivity contribution is 14.1. The van der Waals surface area contributed by atoms with Gasteiger partial charge < -0.3 is 9.47 Å². The Morgan fingerprint density at radius 3 is 2.55 bits per heavy atom. The molecule has 0 N–H and O–H groups in total. The zero-order valence-electron chi connectivity index (χ0n) is 12.0. The van der Waals surface area contributed by atoms with Crippen molar-refractivity contribution in [3.8, 4) is 0 Å². The van der Waals surface area contributed by atoms with E-state index in [0.717, 1.165) is 14.0 Å². The van der Waals surface area contributed by atoms with E-state index in [0.29, 0.717) is 0 Å². The first-order valence-electron chi connectivity index (χ1n) is 6.70. The number of nitrogens with zero attached hydrogens (tertiary/aromatic N) is 1. The number of benzene rings is 1. The SMILES string of the molecule is CO[C@H]1C(=O)N2S/C(=C(\I)c3ccccc3)C(OC(C)=O)[C@@H]12. The van der Waals surface area contributed by atoms with Gasteiger partial charge in [-0.3, -0.25) is 13.9 Å². The van der Waals surface area contributed by atoms with Crippen LogP contribution in [0.15, 0.2) is 35.2 Å². The highest BCUT2D eigenvalue weighted by Gasteiger charge is 2.60. The Hall–Kier alpha value is -1.06. The van der Waals surface area contributed by atoms with Crippen molar-refractivity contribution in [3.05, 3.63) is 40.8 Å². The van der Waals surface area contributed by atoms with Gasteiger partial charge in [0.2, 0.25) is 0 Å². The van der Waals surface area contributed by atoms with Gasteiger partial charge in [-0.1, -0.05) is 30.3 Å². The summed E-state index contributed by atoms with van der Waals surface area (Å²) in [5.74, 6) is -0.446. The highest BCUT2D eigenvalue weighted by atomic mass is 127. The summed E-state index contributed by atoms with van der Waals surface area (Å²) in [5.41, 5.74) is 1.03. The van der Waals surface area contributed by atoms with Gasteiger partial charge >= 0.3 is 5.97 Å². The quantitative estimate of drug-likeness (QED) is 0.319. The second-order valence-corrected chi connectivity index (χ2v) is 7.07. The number of ether oxygens (including phenoxy) is 2. The van der Waals surface area contributed by atoms with E-state index in [2.05, 4.69) is 22.6 Å². The van der Waals surface area contributed by atoms with E-state index in [9.17, 15) is 9.59 Å². The van der Waals surface area contributed by atoms with Gasteiger partial charge in [0.1, 0.15) is 6.04 Å². The number of carbonyl (C=O) groups excluding carboxylic acids is 2. The minimum absolute atomic E-state index is 0.0816. The van der Waals surface area contributed by atoms with E-state index in [-0.39, 0.29) is 17.9 Å². The Morgan fingerprint density at radius 2 is 1.95 bits per heavy atom. The second kappa shape index (κ2) is 6.21. The third-order valence-electron chi connectivity index (χ3n) is 3.60. The molecule has 5 nitrogen and oxygen atoms in total. The van der Waals surface area contributed by atoms with Crippen molar-refractivity contribution in [3.63, 3.8) is 0 Å². The Labute approximate surface area is 146 Å². The first-order valence-corrected chi connectivity index (χ1v) is 8.56. The molecular formula is C15H14INO4S. The smallest absolute Gasteiger partial charge is 0.303 e. The van der Waals surface area contributed by atoms with E-state index in [1.165, 1.54) is 26.0 Å². The number of amides is 1. The van der Waals surface area contributed by atoms with Crippen LogP contribution in [0.5, 0.6) is 0 Å². The Bertz CT molecular complexity index is 648. The van der Waals surface area contributed by atoms with Gasteiger partial charge in [0, 0.05) is 17.6 Å². The number of esters is 1. The molecule has 1 aromatic rings. The van der Waals surface area contributed by atoms with Crippen LogP contribution in [0.4, 0.5) is 0 Å². The van der Waals surface area contributed by atoms with Crippen LogP contribution < -0.4 is 0 Å². The standard InChI is InChI=1S/C15H14INO4S/c1-8(18)21-12-11-13(20-2)15(19)17(11)22-14(12)10(16)9-6-4-3-5-7-9/h3-7,11-13H,1-2H3/b14-10-/t11-,12?,13+/m0/s1. The first-order chi connectivity index (χ1) is 10.5. The highest BCUT2D eigenvalue weighted by Crippen LogP contribution is 2.51. The molecule has 7 heteroatoms. The van der Waals surface area contributed by atoms with Crippen molar-refractivity contribution in [1.82, 2.24) is 4.31 Å². The average molecular weight is 431 g/mol. The molecule has 2 heterocycles. The van der Waals surface area contributed by atoms with Gasteiger partial charge in [-0.2, -0.15) is 0 Å². The molecule has 2 saturated heterocycles. The molecule has 0 spiro atoms. The van der Waals surface area contributed by atoms with Crippen molar-refractivity contribution in [1.29, 1.82) is 0 Å². The minimum atomic E-state index is -0.547. The molecule has 0 bridgehead atoms. The molecule has 116 valence electrons. The summed E-state index contributed by atoms with van der Waals surface area (Å²) in [6, 6.07) is 9.58. The van der Waals surface area contributed by atoms with Gasteiger partial charge in [-0.25, -0.2) is 0 Å². The van der Waals surface area contributed by atoms with Gasteiger partial charge in [-0.15, -0.1) is 0 Å². The maximum atomic E-state index is 12.0. The second-order valence-electron chi connectivity index (χ2n) is 4.98. The lowest BCUT2D eigenvalue weighted by Gasteiger charge is -2.40. The summed E-state index contributed by atoms with van der Waals surface area (Å²) in [4.78, 5) is 24.4. The number of hydrogen-bond acceptors (Lipinski definition) is 5. The van der Waals surface area contributed by atoms with E-state index in [1.807, 2.05) is 30.3 Å². The Balaban J connectivity index is 1.99. The van der Waals surface area contributed by atoms with Gasteiger partial charge in [0.15, 0.2) is 12.2 Å². The van der Waals surface area contributed by atoms with Gasteiger partial charge in [0.05, 0.1) is 4.91 Å². The summed E-state index contributed by atoms with van der Waals surface area (Å²) in [6.45, 7) is 1.38. The minimum Gasteiger partial charge on any atom is -0.455 e. The summed E-state index contributed by atoms with van der Waals surface area (Å²) in [5, 5.41) is 0. The molecule has 2 aliphatic rings. The molecule has 22 heavy (non-hydrogen) atoms. The molecule has 1 unspecified atom stereocenters. The molecule has 0 saturated carbocycles. The molecule has 0 aromatic heterocycles. The number of hydrogen-bond donors (Lipinski definition) is 0. The number of rotatable bonds is 3. The van der Waals surface area contributed by atoms with Crippen molar-refractivity contribution in [2.24, 2.45) is 0 Å². The summed E-state index contributed by atoms with van der Waals surface area (Å²) >= 11 is 3.57. The van der Waals surface area contributed by atoms with E-state index in [1.54, 1.807) is 4.31 Å². The number of β-lactam (4-membered cyclic amide) rings is 1. The number of carbonyl (C=O) groups is 2. The Morgan fingerprint density at radius 1 is 1.27 bits per heavy atom. The molecule has 1 amide bonds. The van der Waals surface area contributed by atoms with Crippen molar-refractivity contribution in [2.45, 2.75) is 25.2 Å². The maximum Gasteiger partial charge on any atom is 0.303 e. The van der Waals surface area contributed by atoms with Crippen LogP contribution in [-0.2, 0) is 19.1 Å². The van der Waals surface area contributed by atoms with Crippen LogP contribution in [0.3, 0.4) is 0 Å². The van der Waals surface area contributed by atoms with Gasteiger partial charge in [-0.05, 0) is 40.1 Å². The predicted molar refractivity (Wildman–Crippen MR) is 92.0 cm³/mol. The molecular weight excluding hydrogens is 417 g/mol. The predicted octanol–water partition coefficient (Wildman–Crippen LogP) is 2.61. The fraction of sp³-hybridized carbons (Fsp3) is 0.333. The van der Waals surface area contributed by atoms with Crippen LogP contribution in [0, 0.1) is 0 Å².